The summed E-state index contributed by atoms with van der Waals surface area (Å²) in [4.78, 5) is 2.39. The summed E-state index contributed by atoms with van der Waals surface area (Å²) >= 11 is 0. The number of hydrogen-bond acceptors (Lipinski definition) is 3. The second-order valence-electron chi connectivity index (χ2n) is 4.20. The topological polar surface area (TPSA) is 49.5 Å². The van der Waals surface area contributed by atoms with E-state index >= 15 is 0 Å². The zero-order valence-corrected chi connectivity index (χ0v) is 9.28. The van der Waals surface area contributed by atoms with Crippen LogP contribution in [0.15, 0.2) is 0 Å². The number of aliphatic hydroxyl groups excluding tert-OH is 1. The van der Waals surface area contributed by atoms with Crippen LogP contribution in [-0.2, 0) is 0 Å². The molecule has 0 spiro atoms. The van der Waals surface area contributed by atoms with Gasteiger partial charge >= 0.3 is 0 Å². The summed E-state index contributed by atoms with van der Waals surface area (Å²) < 4.78 is 0. The molecule has 1 fully saturated rings. The maximum atomic E-state index is 8.98. The number of nitrogens with two attached hydrogens (primary N) is 1. The van der Waals surface area contributed by atoms with Crippen LogP contribution in [0.1, 0.15) is 32.6 Å². The highest BCUT2D eigenvalue weighted by Crippen LogP contribution is 2.27. The van der Waals surface area contributed by atoms with Crippen molar-refractivity contribution in [2.45, 2.75) is 38.6 Å². The van der Waals surface area contributed by atoms with E-state index in [4.69, 9.17) is 10.8 Å². The maximum Gasteiger partial charge on any atom is 0.0558 e. The van der Waals surface area contributed by atoms with E-state index in [-0.39, 0.29) is 6.61 Å². The highest BCUT2D eigenvalue weighted by Gasteiger charge is 2.27. The Morgan fingerprint density at radius 3 is 2.64 bits per heavy atom. The lowest BCUT2D eigenvalue weighted by Gasteiger charge is -2.38. The average Bonchev–Trinajstić information content (AvgIpc) is 2.26. The van der Waals surface area contributed by atoms with Crippen molar-refractivity contribution in [3.8, 4) is 0 Å². The molecule has 0 heterocycles. The fourth-order valence-electron chi connectivity index (χ4n) is 2.63. The second-order valence-corrected chi connectivity index (χ2v) is 4.20. The minimum absolute atomic E-state index is 0.266. The van der Waals surface area contributed by atoms with E-state index in [9.17, 15) is 0 Å². The Morgan fingerprint density at radius 1 is 1.36 bits per heavy atom. The molecule has 1 aliphatic rings. The molecule has 1 rings (SSSR count). The van der Waals surface area contributed by atoms with Gasteiger partial charge in [-0.15, -0.1) is 0 Å². The summed E-state index contributed by atoms with van der Waals surface area (Å²) in [6.07, 6.45) is 5.18. The molecular weight excluding hydrogens is 176 g/mol. The lowest BCUT2D eigenvalue weighted by molar-refractivity contribution is 0.0914. The van der Waals surface area contributed by atoms with E-state index in [0.29, 0.717) is 12.0 Å². The Kier molecular flexibility index (Phi) is 5.45. The van der Waals surface area contributed by atoms with Gasteiger partial charge in [0.15, 0.2) is 0 Å². The Labute approximate surface area is 87.3 Å². The molecule has 0 aromatic rings. The Bertz CT molecular complexity index is 152. The van der Waals surface area contributed by atoms with Crippen molar-refractivity contribution in [2.75, 3.05) is 26.2 Å². The molecule has 2 atom stereocenters. The lowest BCUT2D eigenvalue weighted by atomic mass is 9.83. The van der Waals surface area contributed by atoms with Gasteiger partial charge in [0.2, 0.25) is 0 Å². The molecule has 1 saturated carbocycles. The van der Waals surface area contributed by atoms with Crippen LogP contribution in [0, 0.1) is 5.92 Å². The van der Waals surface area contributed by atoms with E-state index < -0.39 is 0 Å². The monoisotopic (exact) mass is 200 g/mol. The predicted molar refractivity (Wildman–Crippen MR) is 59.1 cm³/mol. The number of hydrogen-bond donors (Lipinski definition) is 2. The maximum absolute atomic E-state index is 8.98. The van der Waals surface area contributed by atoms with Crippen molar-refractivity contribution in [1.82, 2.24) is 4.90 Å². The van der Waals surface area contributed by atoms with E-state index in [2.05, 4.69) is 11.8 Å². The van der Waals surface area contributed by atoms with Gasteiger partial charge in [-0.05, 0) is 31.8 Å². The second kappa shape index (κ2) is 6.38. The summed E-state index contributed by atoms with van der Waals surface area (Å²) in [5.41, 5.74) is 5.79. The molecule has 3 nitrogen and oxygen atoms in total. The van der Waals surface area contributed by atoms with E-state index in [1.54, 1.807) is 0 Å². The summed E-state index contributed by atoms with van der Waals surface area (Å²) in [7, 11) is 0. The molecule has 1 aliphatic carbocycles. The summed E-state index contributed by atoms with van der Waals surface area (Å²) in [6.45, 7) is 5.06. The first-order chi connectivity index (χ1) is 6.83. The standard InChI is InChI=1S/C11H24N2O/c1-2-13(7-8-14)11-6-4-3-5-10(11)9-12/h10-11,14H,2-9,12H2,1H3. The van der Waals surface area contributed by atoms with Crippen LogP contribution in [0.5, 0.6) is 0 Å². The van der Waals surface area contributed by atoms with Crippen molar-refractivity contribution in [3.05, 3.63) is 0 Å². The molecular formula is C11H24N2O. The van der Waals surface area contributed by atoms with Crippen LogP contribution in [0.25, 0.3) is 0 Å². The zero-order valence-electron chi connectivity index (χ0n) is 9.28. The molecule has 0 saturated heterocycles. The van der Waals surface area contributed by atoms with Crippen molar-refractivity contribution < 1.29 is 5.11 Å². The third-order valence-electron chi connectivity index (χ3n) is 3.43. The van der Waals surface area contributed by atoms with E-state index in [1.807, 2.05) is 0 Å². The average molecular weight is 200 g/mol. The van der Waals surface area contributed by atoms with E-state index in [1.165, 1.54) is 25.7 Å². The summed E-state index contributed by atoms with van der Waals surface area (Å²) in [5.74, 6) is 0.648. The Morgan fingerprint density at radius 2 is 2.07 bits per heavy atom. The third kappa shape index (κ3) is 2.94. The Balaban J connectivity index is 2.51. The number of likely N-dealkylation sites (N-methyl/N-ethyl adjacent to an activating group) is 1. The highest BCUT2D eigenvalue weighted by atomic mass is 16.3. The molecule has 0 amide bonds. The van der Waals surface area contributed by atoms with Gasteiger partial charge in [-0.25, -0.2) is 0 Å². The van der Waals surface area contributed by atoms with Crippen LogP contribution in [0.2, 0.25) is 0 Å². The first-order valence-corrected chi connectivity index (χ1v) is 5.88. The van der Waals surface area contributed by atoms with Crippen LogP contribution in [-0.4, -0.2) is 42.3 Å². The van der Waals surface area contributed by atoms with Gasteiger partial charge in [-0.2, -0.15) is 0 Å². The van der Waals surface area contributed by atoms with Crippen molar-refractivity contribution in [2.24, 2.45) is 11.7 Å². The molecule has 2 unspecified atom stereocenters. The number of aliphatic hydroxyl groups is 1. The quantitative estimate of drug-likeness (QED) is 0.691. The number of nitrogens with zero attached hydrogens (tertiary/aromatic N) is 1. The molecule has 0 aromatic heterocycles. The van der Waals surface area contributed by atoms with Gasteiger partial charge in [-0.1, -0.05) is 19.8 Å². The minimum Gasteiger partial charge on any atom is -0.395 e. The van der Waals surface area contributed by atoms with E-state index in [0.717, 1.165) is 19.6 Å². The molecule has 3 heteroatoms. The molecule has 14 heavy (non-hydrogen) atoms. The van der Waals surface area contributed by atoms with Crippen LogP contribution >= 0.6 is 0 Å². The largest absolute Gasteiger partial charge is 0.395 e. The summed E-state index contributed by atoms with van der Waals surface area (Å²) in [5, 5.41) is 8.98. The van der Waals surface area contributed by atoms with Gasteiger partial charge in [0.25, 0.3) is 0 Å². The fourth-order valence-corrected chi connectivity index (χ4v) is 2.63. The van der Waals surface area contributed by atoms with Gasteiger partial charge < -0.3 is 10.8 Å². The Hall–Kier alpha value is -0.120. The van der Waals surface area contributed by atoms with Crippen molar-refractivity contribution in [3.63, 3.8) is 0 Å². The van der Waals surface area contributed by atoms with Gasteiger partial charge in [0.1, 0.15) is 0 Å². The van der Waals surface area contributed by atoms with Gasteiger partial charge in [0, 0.05) is 12.6 Å². The first-order valence-electron chi connectivity index (χ1n) is 5.88. The third-order valence-corrected chi connectivity index (χ3v) is 3.43. The smallest absolute Gasteiger partial charge is 0.0558 e. The molecule has 0 aliphatic heterocycles. The van der Waals surface area contributed by atoms with Crippen molar-refractivity contribution >= 4 is 0 Å². The SMILES string of the molecule is CCN(CCO)C1CCCCC1CN. The highest BCUT2D eigenvalue weighted by molar-refractivity contribution is 4.83. The number of rotatable bonds is 5. The van der Waals surface area contributed by atoms with Gasteiger partial charge in [0.05, 0.1) is 6.61 Å². The molecule has 0 bridgehead atoms. The molecule has 84 valence electrons. The molecule has 3 N–H and O–H groups in total. The zero-order chi connectivity index (χ0) is 10.4. The van der Waals surface area contributed by atoms with Crippen LogP contribution in [0.3, 0.4) is 0 Å². The fraction of sp³-hybridized carbons (Fsp3) is 1.00. The van der Waals surface area contributed by atoms with Gasteiger partial charge in [-0.3, -0.25) is 4.90 Å². The minimum atomic E-state index is 0.266. The first kappa shape index (κ1) is 12.0. The predicted octanol–water partition coefficient (Wildman–Crippen LogP) is 0.818. The molecule has 0 radical (unpaired) electrons. The van der Waals surface area contributed by atoms with Crippen molar-refractivity contribution in [1.29, 1.82) is 0 Å². The summed E-state index contributed by atoms with van der Waals surface area (Å²) in [6, 6.07) is 0.617. The normalized spacial score (nSPS) is 28.3. The molecule has 0 aromatic carbocycles. The van der Waals surface area contributed by atoms with Crippen LogP contribution < -0.4 is 5.73 Å². The lowest BCUT2D eigenvalue weighted by Crippen LogP contribution is -2.46. The van der Waals surface area contributed by atoms with Crippen LogP contribution in [0.4, 0.5) is 0 Å².